The van der Waals surface area contributed by atoms with Gasteiger partial charge in [-0.3, -0.25) is 4.68 Å². The van der Waals surface area contributed by atoms with Crippen molar-refractivity contribution in [1.29, 1.82) is 0 Å². The van der Waals surface area contributed by atoms with Gasteiger partial charge in [-0.2, -0.15) is 5.10 Å². The van der Waals surface area contributed by atoms with Gasteiger partial charge < -0.3 is 5.73 Å². The van der Waals surface area contributed by atoms with Crippen molar-refractivity contribution in [2.45, 2.75) is 30.9 Å². The number of sulfone groups is 1. The first-order valence-electron chi connectivity index (χ1n) is 6.56. The van der Waals surface area contributed by atoms with Crippen molar-refractivity contribution in [3.8, 4) is 0 Å². The first kappa shape index (κ1) is 15.9. The van der Waals surface area contributed by atoms with Crippen LogP contribution in [0.2, 0.25) is 5.02 Å². The maximum absolute atomic E-state index is 12.6. The maximum Gasteiger partial charge on any atom is 0.186 e. The van der Waals surface area contributed by atoms with E-state index in [4.69, 9.17) is 17.3 Å². The van der Waals surface area contributed by atoms with Crippen LogP contribution < -0.4 is 5.73 Å². The van der Waals surface area contributed by atoms with Crippen LogP contribution >= 0.6 is 11.6 Å². The van der Waals surface area contributed by atoms with Crippen LogP contribution in [-0.4, -0.2) is 18.2 Å². The molecule has 2 N–H and O–H groups in total. The first-order chi connectivity index (χ1) is 9.77. The van der Waals surface area contributed by atoms with Gasteiger partial charge in [0.15, 0.2) is 9.84 Å². The van der Waals surface area contributed by atoms with E-state index in [-0.39, 0.29) is 16.3 Å². The zero-order valence-corrected chi connectivity index (χ0v) is 13.8. The van der Waals surface area contributed by atoms with E-state index in [0.29, 0.717) is 22.8 Å². The zero-order valence-electron chi connectivity index (χ0n) is 12.2. The third-order valence-electron chi connectivity index (χ3n) is 3.45. The van der Waals surface area contributed by atoms with Crippen LogP contribution in [-0.2, 0) is 29.1 Å². The molecule has 0 unspecified atom stereocenters. The molecular weight excluding hydrogens is 310 g/mol. The molecule has 1 aromatic heterocycles. The van der Waals surface area contributed by atoms with Gasteiger partial charge in [-0.05, 0) is 25.0 Å². The fraction of sp³-hybridized carbons (Fsp3) is 0.357. The Bertz CT molecular complexity index is 782. The Labute approximate surface area is 129 Å². The Morgan fingerprint density at radius 3 is 2.62 bits per heavy atom. The molecule has 0 spiro atoms. The highest BCUT2D eigenvalue weighted by Crippen LogP contribution is 2.28. The molecule has 2 rings (SSSR count). The molecule has 21 heavy (non-hydrogen) atoms. The van der Waals surface area contributed by atoms with Crippen molar-refractivity contribution < 1.29 is 8.42 Å². The lowest BCUT2D eigenvalue weighted by atomic mass is 10.2. The molecule has 1 aromatic carbocycles. The number of benzene rings is 1. The van der Waals surface area contributed by atoms with Gasteiger partial charge in [0.1, 0.15) is 0 Å². The Morgan fingerprint density at radius 1 is 1.38 bits per heavy atom. The summed E-state index contributed by atoms with van der Waals surface area (Å²) < 4.78 is 26.7. The van der Waals surface area contributed by atoms with Gasteiger partial charge in [-0.1, -0.05) is 30.7 Å². The van der Waals surface area contributed by atoms with Crippen molar-refractivity contribution in [3.63, 3.8) is 0 Å². The van der Waals surface area contributed by atoms with Crippen LogP contribution in [0.1, 0.15) is 23.9 Å². The zero-order chi connectivity index (χ0) is 15.8. The molecule has 7 heteroatoms. The molecule has 0 fully saturated rings. The fourth-order valence-corrected chi connectivity index (χ4v) is 4.23. The van der Waals surface area contributed by atoms with E-state index in [1.165, 1.54) is 10.7 Å². The summed E-state index contributed by atoms with van der Waals surface area (Å²) in [5.41, 5.74) is 8.09. The summed E-state index contributed by atoms with van der Waals surface area (Å²) in [5, 5.41) is 4.65. The molecular formula is C14H18ClN3O2S. The van der Waals surface area contributed by atoms with Crippen LogP contribution in [0, 0.1) is 6.92 Å². The average Bonchev–Trinajstić information content (AvgIpc) is 2.68. The highest BCUT2D eigenvalue weighted by Gasteiger charge is 2.24. The lowest BCUT2D eigenvalue weighted by Crippen LogP contribution is -2.11. The molecule has 0 radical (unpaired) electrons. The highest BCUT2D eigenvalue weighted by molar-refractivity contribution is 7.90. The highest BCUT2D eigenvalue weighted by atomic mass is 35.5. The molecule has 0 bridgehead atoms. The van der Waals surface area contributed by atoms with Crippen LogP contribution in [0.3, 0.4) is 0 Å². The molecule has 0 saturated heterocycles. The molecule has 114 valence electrons. The summed E-state index contributed by atoms with van der Waals surface area (Å²) in [6.07, 6.45) is 0.652. The minimum atomic E-state index is -3.58. The lowest BCUT2D eigenvalue weighted by Gasteiger charge is -2.10. The second-order valence-corrected chi connectivity index (χ2v) is 7.27. The molecule has 1 heterocycles. The molecule has 5 nitrogen and oxygen atoms in total. The van der Waals surface area contributed by atoms with E-state index in [0.717, 1.165) is 5.56 Å². The third-order valence-corrected chi connectivity index (χ3v) is 5.56. The van der Waals surface area contributed by atoms with Gasteiger partial charge in [-0.25, -0.2) is 8.42 Å². The van der Waals surface area contributed by atoms with E-state index >= 15 is 0 Å². The summed E-state index contributed by atoms with van der Waals surface area (Å²) >= 11 is 6.22. The SMILES string of the molecule is CCc1nn(C)c(CS(=O)(=O)c2cccc(C)c2N)c1Cl. The van der Waals surface area contributed by atoms with Crippen molar-refractivity contribution in [3.05, 3.63) is 40.2 Å². The second kappa shape index (κ2) is 5.69. The number of para-hydroxylation sites is 1. The van der Waals surface area contributed by atoms with Crippen molar-refractivity contribution in [1.82, 2.24) is 9.78 Å². The molecule has 0 atom stereocenters. The Balaban J connectivity index is 2.48. The van der Waals surface area contributed by atoms with Gasteiger partial charge in [0.05, 0.1) is 32.7 Å². The summed E-state index contributed by atoms with van der Waals surface area (Å²) in [5.74, 6) is -0.219. The number of hydrogen-bond donors (Lipinski definition) is 1. The molecule has 2 aromatic rings. The summed E-state index contributed by atoms with van der Waals surface area (Å²) in [7, 11) is -1.89. The van der Waals surface area contributed by atoms with Crippen LogP contribution in [0.4, 0.5) is 5.69 Å². The van der Waals surface area contributed by atoms with Crippen LogP contribution in [0.25, 0.3) is 0 Å². The number of nitrogens with two attached hydrogens (primary N) is 1. The summed E-state index contributed by atoms with van der Waals surface area (Å²) in [6.45, 7) is 3.70. The van der Waals surface area contributed by atoms with Crippen LogP contribution in [0.5, 0.6) is 0 Å². The number of aromatic nitrogens is 2. The third kappa shape index (κ3) is 2.91. The monoisotopic (exact) mass is 327 g/mol. The van der Waals surface area contributed by atoms with E-state index in [1.54, 1.807) is 26.1 Å². The van der Waals surface area contributed by atoms with E-state index in [1.807, 2.05) is 6.92 Å². The topological polar surface area (TPSA) is 78.0 Å². The first-order valence-corrected chi connectivity index (χ1v) is 8.59. The fourth-order valence-electron chi connectivity index (χ4n) is 2.16. The van der Waals surface area contributed by atoms with Gasteiger partial charge in [-0.15, -0.1) is 0 Å². The van der Waals surface area contributed by atoms with Gasteiger partial charge >= 0.3 is 0 Å². The van der Waals surface area contributed by atoms with Crippen molar-refractivity contribution in [2.75, 3.05) is 5.73 Å². The maximum atomic E-state index is 12.6. The molecule has 0 aliphatic carbocycles. The predicted molar refractivity (Wildman–Crippen MR) is 84.1 cm³/mol. The molecule has 0 saturated carbocycles. The smallest absolute Gasteiger partial charge is 0.186 e. The van der Waals surface area contributed by atoms with E-state index < -0.39 is 9.84 Å². The minimum Gasteiger partial charge on any atom is -0.397 e. The van der Waals surface area contributed by atoms with Crippen LogP contribution in [0.15, 0.2) is 23.1 Å². The minimum absolute atomic E-state index is 0.137. The molecule has 0 aliphatic rings. The van der Waals surface area contributed by atoms with Gasteiger partial charge in [0, 0.05) is 7.05 Å². The van der Waals surface area contributed by atoms with Gasteiger partial charge in [0.2, 0.25) is 0 Å². The Hall–Kier alpha value is -1.53. The number of hydrogen-bond acceptors (Lipinski definition) is 4. The average molecular weight is 328 g/mol. The quantitative estimate of drug-likeness (QED) is 0.875. The Kier molecular flexibility index (Phi) is 4.30. The number of anilines is 1. The van der Waals surface area contributed by atoms with E-state index in [9.17, 15) is 8.42 Å². The summed E-state index contributed by atoms with van der Waals surface area (Å²) in [6, 6.07) is 4.98. The molecule has 0 amide bonds. The number of aryl methyl sites for hydroxylation is 3. The standard InChI is InChI=1S/C14H18ClN3O2S/c1-4-10-13(15)11(18(3)17-10)8-21(19,20)12-7-5-6-9(2)14(12)16/h5-7H,4,8,16H2,1-3H3. The number of halogens is 1. The largest absolute Gasteiger partial charge is 0.397 e. The predicted octanol–water partition coefficient (Wildman–Crippen LogP) is 2.50. The van der Waals surface area contributed by atoms with Crippen molar-refractivity contribution in [2.24, 2.45) is 7.05 Å². The van der Waals surface area contributed by atoms with Gasteiger partial charge in [0.25, 0.3) is 0 Å². The molecule has 0 aliphatic heterocycles. The second-order valence-electron chi connectivity index (χ2n) is 4.93. The lowest BCUT2D eigenvalue weighted by molar-refractivity contribution is 0.592. The summed E-state index contributed by atoms with van der Waals surface area (Å²) in [4.78, 5) is 0.137. The normalized spacial score (nSPS) is 11.8. The van der Waals surface area contributed by atoms with E-state index in [2.05, 4.69) is 5.10 Å². The number of nitrogen functional groups attached to an aromatic ring is 1. The Morgan fingerprint density at radius 2 is 2.05 bits per heavy atom. The number of rotatable bonds is 4. The van der Waals surface area contributed by atoms with Crippen molar-refractivity contribution >= 4 is 27.1 Å². The number of nitrogens with zero attached hydrogens (tertiary/aromatic N) is 2.